The Morgan fingerprint density at radius 2 is 2.17 bits per heavy atom. The van der Waals surface area contributed by atoms with Crippen molar-refractivity contribution in [3.8, 4) is 11.4 Å². The topological polar surface area (TPSA) is 41.6 Å². The average molecular weight is 179 g/mol. The minimum Gasteiger partial charge on any atom is -0.258 e. The molecular formula is C8H5ClN3. The highest BCUT2D eigenvalue weighted by Crippen LogP contribution is 2.23. The van der Waals surface area contributed by atoms with E-state index in [0.717, 1.165) is 5.56 Å². The van der Waals surface area contributed by atoms with Crippen LogP contribution in [-0.4, -0.2) is 15.2 Å². The van der Waals surface area contributed by atoms with Crippen molar-refractivity contribution < 1.29 is 0 Å². The van der Waals surface area contributed by atoms with Crippen LogP contribution in [0.2, 0.25) is 5.02 Å². The van der Waals surface area contributed by atoms with Crippen LogP contribution < -0.4 is 0 Å². The molecule has 1 heterocycles. The van der Waals surface area contributed by atoms with Gasteiger partial charge in [0.25, 0.3) is 0 Å². The van der Waals surface area contributed by atoms with Gasteiger partial charge in [-0.2, -0.15) is 0 Å². The molecule has 0 aliphatic carbocycles. The molecule has 0 amide bonds. The Kier molecular flexibility index (Phi) is 1.80. The van der Waals surface area contributed by atoms with Crippen LogP contribution in [0.15, 0.2) is 24.3 Å². The molecule has 0 bridgehead atoms. The van der Waals surface area contributed by atoms with Crippen molar-refractivity contribution in [1.29, 1.82) is 0 Å². The smallest absolute Gasteiger partial charge is 0.221 e. The first-order valence-electron chi connectivity index (χ1n) is 3.41. The van der Waals surface area contributed by atoms with Crippen LogP contribution in [0.25, 0.3) is 11.4 Å². The Morgan fingerprint density at radius 1 is 1.33 bits per heavy atom. The molecule has 1 aromatic carbocycles. The predicted molar refractivity (Wildman–Crippen MR) is 45.7 cm³/mol. The lowest BCUT2D eigenvalue weighted by Crippen LogP contribution is -1.81. The molecular weight excluding hydrogens is 174 g/mol. The van der Waals surface area contributed by atoms with Crippen molar-refractivity contribution in [3.63, 3.8) is 0 Å². The minimum atomic E-state index is 0.639. The molecule has 0 saturated carbocycles. The molecule has 0 fully saturated rings. The van der Waals surface area contributed by atoms with Crippen molar-refractivity contribution in [2.24, 2.45) is 0 Å². The SMILES string of the molecule is Clc1ccccc1-c1n[c]n[nH]1. The lowest BCUT2D eigenvalue weighted by Gasteiger charge is -1.97. The van der Waals surface area contributed by atoms with E-state index < -0.39 is 0 Å². The zero-order valence-corrected chi connectivity index (χ0v) is 6.84. The van der Waals surface area contributed by atoms with Gasteiger partial charge in [-0.05, 0) is 12.1 Å². The number of H-pyrrole nitrogens is 1. The summed E-state index contributed by atoms with van der Waals surface area (Å²) >= 11 is 5.91. The quantitative estimate of drug-likeness (QED) is 0.725. The van der Waals surface area contributed by atoms with Crippen LogP contribution in [0.4, 0.5) is 0 Å². The van der Waals surface area contributed by atoms with Gasteiger partial charge in [-0.25, -0.2) is 4.98 Å². The maximum atomic E-state index is 5.91. The molecule has 1 aromatic heterocycles. The van der Waals surface area contributed by atoms with Gasteiger partial charge in [-0.15, -0.1) is 5.10 Å². The highest BCUT2D eigenvalue weighted by atomic mass is 35.5. The Bertz CT molecular complexity index is 370. The number of aromatic nitrogens is 3. The molecule has 1 radical (unpaired) electrons. The van der Waals surface area contributed by atoms with Crippen LogP contribution in [0.1, 0.15) is 0 Å². The van der Waals surface area contributed by atoms with Gasteiger partial charge >= 0.3 is 0 Å². The van der Waals surface area contributed by atoms with Gasteiger partial charge < -0.3 is 0 Å². The van der Waals surface area contributed by atoms with Crippen molar-refractivity contribution in [3.05, 3.63) is 35.6 Å². The Balaban J connectivity index is 2.55. The number of hydrogen-bond acceptors (Lipinski definition) is 2. The number of nitrogens with one attached hydrogen (secondary N) is 1. The van der Waals surface area contributed by atoms with Crippen LogP contribution in [0.5, 0.6) is 0 Å². The van der Waals surface area contributed by atoms with Gasteiger partial charge in [0.1, 0.15) is 0 Å². The van der Waals surface area contributed by atoms with E-state index in [0.29, 0.717) is 10.8 Å². The number of nitrogens with zero attached hydrogens (tertiary/aromatic N) is 2. The van der Waals surface area contributed by atoms with Gasteiger partial charge in [-0.1, -0.05) is 23.7 Å². The second-order valence-electron chi connectivity index (χ2n) is 2.26. The number of aromatic amines is 1. The van der Waals surface area contributed by atoms with E-state index in [9.17, 15) is 0 Å². The second kappa shape index (κ2) is 2.95. The first kappa shape index (κ1) is 7.31. The van der Waals surface area contributed by atoms with E-state index in [1.807, 2.05) is 18.2 Å². The van der Waals surface area contributed by atoms with E-state index >= 15 is 0 Å². The Hall–Kier alpha value is -1.35. The molecule has 0 spiro atoms. The maximum absolute atomic E-state index is 5.91. The molecule has 3 nitrogen and oxygen atoms in total. The maximum Gasteiger partial charge on any atom is 0.221 e. The van der Waals surface area contributed by atoms with Gasteiger partial charge in [0, 0.05) is 5.56 Å². The minimum absolute atomic E-state index is 0.639. The van der Waals surface area contributed by atoms with Gasteiger partial charge in [0.2, 0.25) is 6.33 Å². The van der Waals surface area contributed by atoms with Gasteiger partial charge in [0.05, 0.1) is 5.02 Å². The Morgan fingerprint density at radius 3 is 2.83 bits per heavy atom. The standard InChI is InChI=1S/C8H5ClN3/c9-7-4-2-1-3-6(7)8-10-5-11-12-8/h1-4H,(H,10,11,12). The zero-order valence-electron chi connectivity index (χ0n) is 6.08. The lowest BCUT2D eigenvalue weighted by molar-refractivity contribution is 1.09. The summed E-state index contributed by atoms with van der Waals surface area (Å²) in [5, 5.41) is 6.97. The number of rotatable bonds is 1. The fourth-order valence-electron chi connectivity index (χ4n) is 0.952. The van der Waals surface area contributed by atoms with Crippen molar-refractivity contribution in [2.75, 3.05) is 0 Å². The van der Waals surface area contributed by atoms with E-state index in [-0.39, 0.29) is 0 Å². The third kappa shape index (κ3) is 1.19. The first-order valence-corrected chi connectivity index (χ1v) is 3.79. The van der Waals surface area contributed by atoms with E-state index in [4.69, 9.17) is 11.6 Å². The van der Waals surface area contributed by atoms with Crippen molar-refractivity contribution >= 4 is 11.6 Å². The number of benzene rings is 1. The van der Waals surface area contributed by atoms with Crippen molar-refractivity contribution in [1.82, 2.24) is 15.2 Å². The summed E-state index contributed by atoms with van der Waals surface area (Å²) in [6, 6.07) is 7.44. The summed E-state index contributed by atoms with van der Waals surface area (Å²) in [5.41, 5.74) is 0.841. The summed E-state index contributed by atoms with van der Waals surface area (Å²) in [5.74, 6) is 0.639. The van der Waals surface area contributed by atoms with Crippen LogP contribution >= 0.6 is 11.6 Å². The average Bonchev–Trinajstić information content (AvgIpc) is 2.57. The fraction of sp³-hybridized carbons (Fsp3) is 0. The second-order valence-corrected chi connectivity index (χ2v) is 2.67. The van der Waals surface area contributed by atoms with Gasteiger partial charge in [-0.3, -0.25) is 5.10 Å². The van der Waals surface area contributed by atoms with E-state index in [1.54, 1.807) is 6.07 Å². The van der Waals surface area contributed by atoms with E-state index in [1.165, 1.54) is 0 Å². The number of hydrogen-bond donors (Lipinski definition) is 1. The largest absolute Gasteiger partial charge is 0.258 e. The molecule has 1 N–H and O–H groups in total. The molecule has 59 valence electrons. The van der Waals surface area contributed by atoms with Crippen molar-refractivity contribution in [2.45, 2.75) is 0 Å². The first-order chi connectivity index (χ1) is 5.88. The summed E-state index contributed by atoms with van der Waals surface area (Å²) < 4.78 is 0. The molecule has 2 rings (SSSR count). The highest BCUT2D eigenvalue weighted by Gasteiger charge is 2.03. The highest BCUT2D eigenvalue weighted by molar-refractivity contribution is 6.33. The van der Waals surface area contributed by atoms with Crippen LogP contribution in [-0.2, 0) is 0 Å². The molecule has 0 atom stereocenters. The molecule has 4 heteroatoms. The summed E-state index contributed by atoms with van der Waals surface area (Å²) in [6.07, 6.45) is 2.44. The van der Waals surface area contributed by atoms with E-state index in [2.05, 4.69) is 21.5 Å². The van der Waals surface area contributed by atoms with Gasteiger partial charge in [0.15, 0.2) is 5.82 Å². The summed E-state index contributed by atoms with van der Waals surface area (Å²) in [6.45, 7) is 0. The molecule has 0 aliphatic heterocycles. The number of halogens is 1. The Labute approximate surface area is 74.4 Å². The predicted octanol–water partition coefficient (Wildman–Crippen LogP) is 1.93. The third-order valence-corrected chi connectivity index (χ3v) is 1.83. The fourth-order valence-corrected chi connectivity index (χ4v) is 1.18. The normalized spacial score (nSPS) is 10.1. The van der Waals surface area contributed by atoms with Crippen LogP contribution in [0, 0.1) is 6.33 Å². The van der Waals surface area contributed by atoms with Crippen LogP contribution in [0.3, 0.4) is 0 Å². The third-order valence-electron chi connectivity index (χ3n) is 1.50. The molecule has 0 saturated heterocycles. The molecule has 12 heavy (non-hydrogen) atoms. The molecule has 0 unspecified atom stereocenters. The lowest BCUT2D eigenvalue weighted by atomic mass is 10.2. The monoisotopic (exact) mass is 178 g/mol. The zero-order chi connectivity index (χ0) is 8.39. The summed E-state index contributed by atoms with van der Waals surface area (Å²) in [7, 11) is 0. The summed E-state index contributed by atoms with van der Waals surface area (Å²) in [4.78, 5) is 3.87. The molecule has 0 aliphatic rings. The molecule has 2 aromatic rings.